The summed E-state index contributed by atoms with van der Waals surface area (Å²) in [6, 6.07) is 9.28. The van der Waals surface area contributed by atoms with Crippen LogP contribution in [0.1, 0.15) is 5.69 Å². The van der Waals surface area contributed by atoms with Gasteiger partial charge in [-0.1, -0.05) is 18.2 Å². The number of para-hydroxylation sites is 1. The average Bonchev–Trinajstić information content (AvgIpc) is 2.07. The first-order valence-corrected chi connectivity index (χ1v) is 3.83. The van der Waals surface area contributed by atoms with Crippen LogP contribution in [0.25, 0.3) is 10.9 Å². The van der Waals surface area contributed by atoms with Gasteiger partial charge in [-0.25, -0.2) is 4.98 Å². The normalized spacial score (nSPS) is 9.62. The molecular formula is C10H9GaNO. The maximum absolute atomic E-state index is 9.43. The van der Waals surface area contributed by atoms with E-state index in [1.165, 1.54) is 0 Å². The molecule has 3 radical (unpaired) electrons. The van der Waals surface area contributed by atoms with Crippen molar-refractivity contribution in [3.8, 4) is 5.75 Å². The van der Waals surface area contributed by atoms with Crippen LogP contribution in [0.15, 0.2) is 30.3 Å². The minimum atomic E-state index is 0. The maximum atomic E-state index is 9.43. The summed E-state index contributed by atoms with van der Waals surface area (Å²) < 4.78 is 0. The van der Waals surface area contributed by atoms with Crippen LogP contribution in [-0.4, -0.2) is 29.9 Å². The van der Waals surface area contributed by atoms with E-state index >= 15 is 0 Å². The van der Waals surface area contributed by atoms with Gasteiger partial charge in [-0.3, -0.25) is 0 Å². The molecule has 0 saturated carbocycles. The van der Waals surface area contributed by atoms with Gasteiger partial charge in [-0.05, 0) is 19.1 Å². The van der Waals surface area contributed by atoms with Crippen LogP contribution in [0, 0.1) is 6.92 Å². The molecule has 3 heteroatoms. The number of aryl methyl sites for hydroxylation is 1. The van der Waals surface area contributed by atoms with Crippen molar-refractivity contribution in [2.45, 2.75) is 6.92 Å². The molecule has 0 atom stereocenters. The Morgan fingerprint density at radius 3 is 2.69 bits per heavy atom. The zero-order valence-corrected chi connectivity index (χ0v) is 9.78. The minimum absolute atomic E-state index is 0. The maximum Gasteiger partial charge on any atom is 0.141 e. The minimum Gasteiger partial charge on any atom is -0.506 e. The summed E-state index contributed by atoms with van der Waals surface area (Å²) in [4.78, 5) is 4.23. The van der Waals surface area contributed by atoms with Crippen molar-refractivity contribution in [1.82, 2.24) is 4.98 Å². The molecule has 13 heavy (non-hydrogen) atoms. The van der Waals surface area contributed by atoms with Crippen LogP contribution < -0.4 is 0 Å². The van der Waals surface area contributed by atoms with E-state index in [0.29, 0.717) is 5.52 Å². The number of benzene rings is 1. The summed E-state index contributed by atoms with van der Waals surface area (Å²) in [5.41, 5.74) is 1.60. The molecule has 2 aromatic rings. The van der Waals surface area contributed by atoms with E-state index in [0.717, 1.165) is 11.1 Å². The second-order valence-corrected chi connectivity index (χ2v) is 2.80. The molecule has 1 heterocycles. The van der Waals surface area contributed by atoms with E-state index in [1.54, 1.807) is 6.07 Å². The smallest absolute Gasteiger partial charge is 0.141 e. The Morgan fingerprint density at radius 2 is 1.92 bits per heavy atom. The van der Waals surface area contributed by atoms with Crippen LogP contribution in [-0.2, 0) is 0 Å². The topological polar surface area (TPSA) is 33.1 Å². The molecule has 0 spiro atoms. The van der Waals surface area contributed by atoms with Crippen molar-refractivity contribution in [2.75, 3.05) is 0 Å². The number of rotatable bonds is 0. The first-order valence-electron chi connectivity index (χ1n) is 3.83. The van der Waals surface area contributed by atoms with Crippen molar-refractivity contribution in [3.63, 3.8) is 0 Å². The number of hydrogen-bond acceptors (Lipinski definition) is 2. The van der Waals surface area contributed by atoms with Crippen molar-refractivity contribution in [1.29, 1.82) is 0 Å². The van der Waals surface area contributed by atoms with Gasteiger partial charge in [-0.15, -0.1) is 0 Å². The van der Waals surface area contributed by atoms with E-state index in [1.807, 2.05) is 31.2 Å². The molecule has 0 bridgehead atoms. The first kappa shape index (κ1) is 10.1. The molecule has 2 nitrogen and oxygen atoms in total. The summed E-state index contributed by atoms with van der Waals surface area (Å²) in [5.74, 6) is 0.246. The van der Waals surface area contributed by atoms with Crippen LogP contribution >= 0.6 is 0 Å². The molecule has 63 valence electrons. The van der Waals surface area contributed by atoms with Gasteiger partial charge in [0, 0.05) is 30.9 Å². The summed E-state index contributed by atoms with van der Waals surface area (Å²) in [6.07, 6.45) is 0. The van der Waals surface area contributed by atoms with E-state index in [-0.39, 0.29) is 25.5 Å². The van der Waals surface area contributed by atoms with Gasteiger partial charge in [0.1, 0.15) is 11.3 Å². The number of pyridine rings is 1. The summed E-state index contributed by atoms with van der Waals surface area (Å²) in [7, 11) is 0. The van der Waals surface area contributed by atoms with Crippen LogP contribution in [0.4, 0.5) is 0 Å². The standard InChI is InChI=1S/C10H9NO.Ga/c1-7-5-6-8-3-2-4-9(12)10(8)11-7;/h2-6,12H,1H3;. The number of phenolic OH excluding ortho intramolecular Hbond substituents is 1. The molecule has 1 aromatic carbocycles. The number of phenols is 1. The molecule has 0 aliphatic rings. The van der Waals surface area contributed by atoms with Gasteiger partial charge in [0.15, 0.2) is 0 Å². The monoisotopic (exact) mass is 228 g/mol. The van der Waals surface area contributed by atoms with Crippen molar-refractivity contribution < 1.29 is 5.11 Å². The predicted molar refractivity (Wildman–Crippen MR) is 53.9 cm³/mol. The summed E-state index contributed by atoms with van der Waals surface area (Å²) in [6.45, 7) is 1.91. The number of aromatic nitrogens is 1. The fourth-order valence-corrected chi connectivity index (χ4v) is 1.23. The molecule has 0 saturated heterocycles. The molecule has 1 aromatic heterocycles. The zero-order valence-electron chi connectivity index (χ0n) is 7.36. The second kappa shape index (κ2) is 3.85. The number of nitrogens with zero attached hydrogens (tertiary/aromatic N) is 1. The van der Waals surface area contributed by atoms with Gasteiger partial charge in [-0.2, -0.15) is 0 Å². The molecule has 2 rings (SSSR count). The summed E-state index contributed by atoms with van der Waals surface area (Å²) >= 11 is 0. The van der Waals surface area contributed by atoms with Crippen LogP contribution in [0.2, 0.25) is 0 Å². The van der Waals surface area contributed by atoms with Gasteiger partial charge in [0.25, 0.3) is 0 Å². The fourth-order valence-electron chi connectivity index (χ4n) is 1.23. The summed E-state index contributed by atoms with van der Waals surface area (Å²) in [5, 5.41) is 10.4. The Bertz CT molecular complexity index is 428. The van der Waals surface area contributed by atoms with Gasteiger partial charge in [0.2, 0.25) is 0 Å². The third-order valence-corrected chi connectivity index (χ3v) is 1.84. The third-order valence-electron chi connectivity index (χ3n) is 1.84. The number of hydrogen-bond donors (Lipinski definition) is 1. The SMILES string of the molecule is Cc1ccc2cccc(O)c2n1.[Ga]. The predicted octanol–water partition coefficient (Wildman–Crippen LogP) is 1.87. The quantitative estimate of drug-likeness (QED) is 0.699. The molecular weight excluding hydrogens is 220 g/mol. The van der Waals surface area contributed by atoms with Gasteiger partial charge < -0.3 is 5.11 Å². The Morgan fingerprint density at radius 1 is 1.15 bits per heavy atom. The molecule has 0 unspecified atom stereocenters. The average molecular weight is 229 g/mol. The molecule has 0 amide bonds. The largest absolute Gasteiger partial charge is 0.506 e. The van der Waals surface area contributed by atoms with Crippen LogP contribution in [0.5, 0.6) is 5.75 Å². The Balaban J connectivity index is 0.000000845. The Kier molecular flexibility index (Phi) is 3.01. The Labute approximate surface area is 89.7 Å². The van der Waals surface area contributed by atoms with E-state index in [2.05, 4.69) is 4.98 Å². The van der Waals surface area contributed by atoms with E-state index < -0.39 is 0 Å². The van der Waals surface area contributed by atoms with E-state index in [4.69, 9.17) is 0 Å². The van der Waals surface area contributed by atoms with E-state index in [9.17, 15) is 5.11 Å². The number of fused-ring (bicyclic) bond motifs is 1. The first-order chi connectivity index (χ1) is 5.77. The molecule has 0 aliphatic carbocycles. The second-order valence-electron chi connectivity index (χ2n) is 2.80. The third kappa shape index (κ3) is 1.87. The van der Waals surface area contributed by atoms with Crippen LogP contribution in [0.3, 0.4) is 0 Å². The zero-order chi connectivity index (χ0) is 8.55. The number of aromatic hydroxyl groups is 1. The van der Waals surface area contributed by atoms with Crippen molar-refractivity contribution >= 4 is 30.7 Å². The Hall–Kier alpha value is -0.934. The molecule has 1 N–H and O–H groups in total. The van der Waals surface area contributed by atoms with Gasteiger partial charge >= 0.3 is 0 Å². The van der Waals surface area contributed by atoms with Crippen molar-refractivity contribution in [3.05, 3.63) is 36.0 Å². The van der Waals surface area contributed by atoms with Crippen molar-refractivity contribution in [2.24, 2.45) is 0 Å². The van der Waals surface area contributed by atoms with Gasteiger partial charge in [0.05, 0.1) is 0 Å². The molecule has 0 fully saturated rings. The molecule has 0 aliphatic heterocycles. The fraction of sp³-hybridized carbons (Fsp3) is 0.100.